The van der Waals surface area contributed by atoms with Gasteiger partial charge in [0, 0.05) is 23.1 Å². The summed E-state index contributed by atoms with van der Waals surface area (Å²) in [4.78, 5) is 29.3. The third kappa shape index (κ3) is 5.06. The van der Waals surface area contributed by atoms with Crippen molar-refractivity contribution in [3.8, 4) is 5.75 Å². The highest BCUT2D eigenvalue weighted by atomic mass is 79.9. The molecule has 1 aliphatic heterocycles. The van der Waals surface area contributed by atoms with Gasteiger partial charge in [-0.1, -0.05) is 40.7 Å². The number of amides is 1. The molecule has 0 spiro atoms. The topological polar surface area (TPSA) is 70.1 Å². The van der Waals surface area contributed by atoms with Gasteiger partial charge in [-0.2, -0.15) is 0 Å². The second-order valence-corrected chi connectivity index (χ2v) is 8.39. The molecule has 3 rings (SSSR count). The normalized spacial score (nSPS) is 17.9. The summed E-state index contributed by atoms with van der Waals surface area (Å²) in [6.07, 6.45) is 1.64. The van der Waals surface area contributed by atoms with Crippen LogP contribution in [0.15, 0.2) is 71.2 Å². The van der Waals surface area contributed by atoms with Crippen LogP contribution in [0.2, 0.25) is 0 Å². The van der Waals surface area contributed by atoms with Gasteiger partial charge >= 0.3 is 0 Å². The van der Waals surface area contributed by atoms with Crippen molar-refractivity contribution < 1.29 is 19.4 Å². The van der Waals surface area contributed by atoms with Gasteiger partial charge in [0.2, 0.25) is 0 Å². The number of halogens is 1. The highest BCUT2D eigenvalue weighted by Gasteiger charge is 2.45. The molecule has 1 N–H and O–H groups in total. The van der Waals surface area contributed by atoms with E-state index < -0.39 is 17.7 Å². The van der Waals surface area contributed by atoms with Crippen LogP contribution in [0.3, 0.4) is 0 Å². The summed E-state index contributed by atoms with van der Waals surface area (Å²) < 4.78 is 6.30. The molecule has 31 heavy (non-hydrogen) atoms. The first kappa shape index (κ1) is 22.8. The first-order chi connectivity index (χ1) is 14.8. The second-order valence-electron chi connectivity index (χ2n) is 7.47. The molecule has 0 aliphatic carbocycles. The molecule has 0 bridgehead atoms. The summed E-state index contributed by atoms with van der Waals surface area (Å²) in [6.45, 7) is 4.93. The molecule has 1 atom stereocenters. The molecule has 0 aromatic heterocycles. The zero-order chi connectivity index (χ0) is 22.5. The number of likely N-dealkylation sites (tertiary alicyclic amines) is 1. The van der Waals surface area contributed by atoms with E-state index in [0.717, 1.165) is 10.0 Å². The van der Waals surface area contributed by atoms with Gasteiger partial charge in [0.05, 0.1) is 11.6 Å². The van der Waals surface area contributed by atoms with Crippen molar-refractivity contribution in [3.63, 3.8) is 0 Å². The third-order valence-electron chi connectivity index (χ3n) is 4.99. The zero-order valence-electron chi connectivity index (χ0n) is 17.5. The van der Waals surface area contributed by atoms with Crippen LogP contribution in [-0.4, -0.2) is 60.4 Å². The van der Waals surface area contributed by atoms with Crippen molar-refractivity contribution in [2.45, 2.75) is 6.04 Å². The summed E-state index contributed by atoms with van der Waals surface area (Å²) >= 11 is 3.46. The second kappa shape index (κ2) is 9.94. The van der Waals surface area contributed by atoms with Gasteiger partial charge in [0.15, 0.2) is 0 Å². The molecular weight excluding hydrogens is 460 g/mol. The number of hydrogen-bond acceptors (Lipinski definition) is 5. The molecule has 162 valence electrons. The van der Waals surface area contributed by atoms with Crippen LogP contribution in [0.1, 0.15) is 17.2 Å². The lowest BCUT2D eigenvalue weighted by Crippen LogP contribution is -2.35. The molecule has 1 heterocycles. The summed E-state index contributed by atoms with van der Waals surface area (Å²) in [6, 6.07) is 13.5. The molecule has 1 amide bonds. The lowest BCUT2D eigenvalue weighted by atomic mass is 9.95. The van der Waals surface area contributed by atoms with E-state index in [-0.39, 0.29) is 11.3 Å². The van der Waals surface area contributed by atoms with Gasteiger partial charge in [0.1, 0.15) is 18.1 Å². The number of ketones is 1. The number of aliphatic hydroxyl groups is 1. The summed E-state index contributed by atoms with van der Waals surface area (Å²) in [5.41, 5.74) is 1.28. The maximum atomic E-state index is 13.0. The van der Waals surface area contributed by atoms with Gasteiger partial charge in [-0.3, -0.25) is 9.59 Å². The Kier molecular flexibility index (Phi) is 7.30. The highest BCUT2D eigenvalue weighted by molar-refractivity contribution is 9.10. The number of aliphatic hydroxyl groups excluding tert-OH is 1. The van der Waals surface area contributed by atoms with Gasteiger partial charge in [-0.05, 0) is 56.1 Å². The highest BCUT2D eigenvalue weighted by Crippen LogP contribution is 2.40. The predicted molar refractivity (Wildman–Crippen MR) is 124 cm³/mol. The Morgan fingerprint density at radius 1 is 1.23 bits per heavy atom. The fourth-order valence-corrected chi connectivity index (χ4v) is 3.88. The van der Waals surface area contributed by atoms with E-state index in [9.17, 15) is 14.7 Å². The summed E-state index contributed by atoms with van der Waals surface area (Å²) in [5, 5.41) is 11.1. The molecule has 7 heteroatoms. The molecule has 6 nitrogen and oxygen atoms in total. The van der Waals surface area contributed by atoms with E-state index >= 15 is 0 Å². The first-order valence-corrected chi connectivity index (χ1v) is 10.7. The Morgan fingerprint density at radius 2 is 1.94 bits per heavy atom. The number of hydrogen-bond donors (Lipinski definition) is 1. The van der Waals surface area contributed by atoms with E-state index in [4.69, 9.17) is 4.74 Å². The molecule has 1 fully saturated rings. The van der Waals surface area contributed by atoms with Crippen molar-refractivity contribution in [2.24, 2.45) is 0 Å². The molecule has 0 saturated carbocycles. The molecule has 0 radical (unpaired) electrons. The number of ether oxygens (including phenoxy) is 1. The van der Waals surface area contributed by atoms with E-state index in [1.165, 1.54) is 4.90 Å². The molecule has 2 aromatic carbocycles. The average molecular weight is 485 g/mol. The third-order valence-corrected chi connectivity index (χ3v) is 5.48. The number of rotatable bonds is 8. The van der Waals surface area contributed by atoms with Crippen LogP contribution in [0.4, 0.5) is 0 Å². The van der Waals surface area contributed by atoms with Crippen LogP contribution in [0, 0.1) is 0 Å². The standard InChI is InChI=1S/C24H25BrN2O4/c1-4-14-31-19-10-8-16(9-11-19)22(28)20-21(17-6-5-7-18(25)15-17)27(13-12-26(2)3)24(30)23(20)29/h4-11,15,21,28H,1,12-14H2,2-3H3/t21-/m0/s1. The number of carbonyl (C=O) groups is 2. The van der Waals surface area contributed by atoms with Crippen LogP contribution in [-0.2, 0) is 9.59 Å². The Morgan fingerprint density at radius 3 is 2.55 bits per heavy atom. The van der Waals surface area contributed by atoms with Crippen LogP contribution in [0.5, 0.6) is 5.75 Å². The van der Waals surface area contributed by atoms with Gasteiger partial charge < -0.3 is 19.6 Å². The van der Waals surface area contributed by atoms with Crippen molar-refractivity contribution >= 4 is 33.4 Å². The Balaban J connectivity index is 2.07. The van der Waals surface area contributed by atoms with E-state index in [1.54, 1.807) is 30.3 Å². The molecule has 1 aliphatic rings. The van der Waals surface area contributed by atoms with Crippen molar-refractivity contribution in [2.75, 3.05) is 33.8 Å². The fraction of sp³-hybridized carbons (Fsp3) is 0.250. The average Bonchev–Trinajstić information content (AvgIpc) is 3.01. The Labute approximate surface area is 190 Å². The Hall–Kier alpha value is -2.90. The minimum Gasteiger partial charge on any atom is -0.507 e. The van der Waals surface area contributed by atoms with Crippen molar-refractivity contribution in [1.29, 1.82) is 0 Å². The smallest absolute Gasteiger partial charge is 0.295 e. The van der Waals surface area contributed by atoms with Crippen LogP contribution < -0.4 is 4.74 Å². The minimum atomic E-state index is -0.687. The number of Topliss-reactive ketones (excluding diaryl/α,β-unsaturated/α-hetero) is 1. The van der Waals surface area contributed by atoms with Crippen LogP contribution in [0.25, 0.3) is 5.76 Å². The van der Waals surface area contributed by atoms with E-state index in [0.29, 0.717) is 31.0 Å². The van der Waals surface area contributed by atoms with E-state index in [2.05, 4.69) is 22.5 Å². The molecule has 1 saturated heterocycles. The largest absolute Gasteiger partial charge is 0.507 e. The van der Waals surface area contributed by atoms with Gasteiger partial charge in [0.25, 0.3) is 11.7 Å². The molecular formula is C24H25BrN2O4. The Bertz CT molecular complexity index is 1010. The van der Waals surface area contributed by atoms with Crippen molar-refractivity contribution in [3.05, 3.63) is 82.4 Å². The van der Waals surface area contributed by atoms with Crippen molar-refractivity contribution in [1.82, 2.24) is 9.80 Å². The number of nitrogens with zero attached hydrogens (tertiary/aromatic N) is 2. The predicted octanol–water partition coefficient (Wildman–Crippen LogP) is 4.00. The lowest BCUT2D eigenvalue weighted by molar-refractivity contribution is -0.140. The molecule has 2 aromatic rings. The summed E-state index contributed by atoms with van der Waals surface area (Å²) in [7, 11) is 3.81. The zero-order valence-corrected chi connectivity index (χ0v) is 19.1. The van der Waals surface area contributed by atoms with Gasteiger partial charge in [-0.25, -0.2) is 0 Å². The lowest BCUT2D eigenvalue weighted by Gasteiger charge is -2.26. The quantitative estimate of drug-likeness (QED) is 0.265. The summed E-state index contributed by atoms with van der Waals surface area (Å²) in [5.74, 6) is -0.884. The first-order valence-electron chi connectivity index (χ1n) is 9.86. The maximum Gasteiger partial charge on any atom is 0.295 e. The van der Waals surface area contributed by atoms with Crippen LogP contribution >= 0.6 is 15.9 Å². The number of likely N-dealkylation sites (N-methyl/N-ethyl adjacent to an activating group) is 1. The van der Waals surface area contributed by atoms with Gasteiger partial charge in [-0.15, -0.1) is 0 Å². The molecule has 0 unspecified atom stereocenters. The SMILES string of the molecule is C=CCOc1ccc(C(O)=C2C(=O)C(=O)N(CCN(C)C)[C@H]2c2cccc(Br)c2)cc1. The van der Waals surface area contributed by atoms with E-state index in [1.807, 2.05) is 43.3 Å². The minimum absolute atomic E-state index is 0.0848. The monoisotopic (exact) mass is 484 g/mol. The number of carbonyl (C=O) groups excluding carboxylic acids is 2. The maximum absolute atomic E-state index is 13.0. The number of benzene rings is 2. The fourth-order valence-electron chi connectivity index (χ4n) is 3.46.